The fourth-order valence-corrected chi connectivity index (χ4v) is 2.76. The third-order valence-electron chi connectivity index (χ3n) is 3.00. The van der Waals surface area contributed by atoms with Gasteiger partial charge in [-0.15, -0.1) is 11.3 Å². The van der Waals surface area contributed by atoms with Crippen molar-refractivity contribution >= 4 is 17.2 Å². The molecule has 0 atom stereocenters. The van der Waals surface area contributed by atoms with Crippen LogP contribution in [0.4, 0.5) is 0 Å². The van der Waals surface area contributed by atoms with Crippen LogP contribution in [0.5, 0.6) is 0 Å². The van der Waals surface area contributed by atoms with Crippen LogP contribution in [0, 0.1) is 6.92 Å². The number of rotatable bonds is 5. The number of carbonyl (C=O) groups is 1. The van der Waals surface area contributed by atoms with Crippen molar-refractivity contribution in [3.63, 3.8) is 0 Å². The standard InChI is InChI=1S/C13H20N2O2S/c1-11-3-4-12(18-11)13(16)14-5-2-6-15-7-9-17-10-8-15/h3-4H,2,5-10H2,1H3,(H,14,16). The van der Waals surface area contributed by atoms with Crippen molar-refractivity contribution in [3.8, 4) is 0 Å². The van der Waals surface area contributed by atoms with Crippen LogP contribution < -0.4 is 5.32 Å². The van der Waals surface area contributed by atoms with E-state index in [1.54, 1.807) is 11.3 Å². The minimum atomic E-state index is 0.0510. The van der Waals surface area contributed by atoms with Crippen molar-refractivity contribution in [2.45, 2.75) is 13.3 Å². The van der Waals surface area contributed by atoms with Gasteiger partial charge < -0.3 is 10.1 Å². The van der Waals surface area contributed by atoms with Crippen LogP contribution >= 0.6 is 11.3 Å². The van der Waals surface area contributed by atoms with Gasteiger partial charge in [0, 0.05) is 24.5 Å². The molecule has 2 rings (SSSR count). The molecular formula is C13H20N2O2S. The molecule has 1 aromatic heterocycles. The third kappa shape index (κ3) is 4.08. The molecule has 100 valence electrons. The molecule has 0 aromatic carbocycles. The number of thiophene rings is 1. The molecule has 2 heterocycles. The van der Waals surface area contributed by atoms with E-state index in [-0.39, 0.29) is 5.91 Å². The Bertz CT molecular complexity index is 386. The smallest absolute Gasteiger partial charge is 0.261 e. The summed E-state index contributed by atoms with van der Waals surface area (Å²) in [7, 11) is 0. The molecule has 5 heteroatoms. The van der Waals surface area contributed by atoms with Gasteiger partial charge in [0.25, 0.3) is 5.91 Å². The third-order valence-corrected chi connectivity index (χ3v) is 4.00. The maximum absolute atomic E-state index is 11.8. The molecule has 0 aliphatic carbocycles. The number of hydrogen-bond donors (Lipinski definition) is 1. The highest BCUT2D eigenvalue weighted by atomic mass is 32.1. The van der Waals surface area contributed by atoms with Crippen molar-refractivity contribution in [1.82, 2.24) is 10.2 Å². The number of ether oxygens (including phenoxy) is 1. The summed E-state index contributed by atoms with van der Waals surface area (Å²) in [5, 5.41) is 2.97. The topological polar surface area (TPSA) is 41.6 Å². The van der Waals surface area contributed by atoms with Gasteiger partial charge in [0.2, 0.25) is 0 Å². The van der Waals surface area contributed by atoms with E-state index in [2.05, 4.69) is 10.2 Å². The largest absolute Gasteiger partial charge is 0.379 e. The molecule has 1 aliphatic heterocycles. The van der Waals surface area contributed by atoms with Gasteiger partial charge in [-0.3, -0.25) is 9.69 Å². The van der Waals surface area contributed by atoms with E-state index in [0.717, 1.165) is 50.7 Å². The van der Waals surface area contributed by atoms with Crippen LogP contribution in [0.1, 0.15) is 21.0 Å². The molecule has 0 spiro atoms. The molecule has 0 bridgehead atoms. The van der Waals surface area contributed by atoms with Gasteiger partial charge in [-0.25, -0.2) is 0 Å². The SMILES string of the molecule is Cc1ccc(C(=O)NCCCN2CCOCC2)s1. The molecule has 1 aromatic rings. The van der Waals surface area contributed by atoms with E-state index in [0.29, 0.717) is 0 Å². The zero-order valence-electron chi connectivity index (χ0n) is 10.8. The first-order chi connectivity index (χ1) is 8.75. The quantitative estimate of drug-likeness (QED) is 0.823. The van der Waals surface area contributed by atoms with Gasteiger partial charge in [-0.1, -0.05) is 0 Å². The zero-order valence-corrected chi connectivity index (χ0v) is 11.6. The summed E-state index contributed by atoms with van der Waals surface area (Å²) >= 11 is 1.54. The van der Waals surface area contributed by atoms with E-state index in [4.69, 9.17) is 4.74 Å². The second kappa shape index (κ2) is 6.87. The summed E-state index contributed by atoms with van der Waals surface area (Å²) < 4.78 is 5.29. The van der Waals surface area contributed by atoms with Gasteiger partial charge in [0.15, 0.2) is 0 Å². The van der Waals surface area contributed by atoms with E-state index in [9.17, 15) is 4.79 Å². The second-order valence-electron chi connectivity index (χ2n) is 4.47. The molecule has 1 amide bonds. The Morgan fingerprint density at radius 1 is 1.44 bits per heavy atom. The van der Waals surface area contributed by atoms with Crippen LogP contribution in [0.25, 0.3) is 0 Å². The van der Waals surface area contributed by atoms with Gasteiger partial charge in [0.05, 0.1) is 18.1 Å². The fraction of sp³-hybridized carbons (Fsp3) is 0.615. The predicted molar refractivity (Wildman–Crippen MR) is 73.3 cm³/mol. The average molecular weight is 268 g/mol. The summed E-state index contributed by atoms with van der Waals surface area (Å²) in [6, 6.07) is 3.87. The minimum absolute atomic E-state index is 0.0510. The number of aryl methyl sites for hydroxylation is 1. The van der Waals surface area contributed by atoms with Gasteiger partial charge in [-0.05, 0) is 32.0 Å². The number of hydrogen-bond acceptors (Lipinski definition) is 4. The molecule has 1 saturated heterocycles. The summed E-state index contributed by atoms with van der Waals surface area (Å²) in [4.78, 5) is 16.1. The normalized spacial score (nSPS) is 16.7. The molecule has 4 nitrogen and oxygen atoms in total. The highest BCUT2D eigenvalue weighted by Gasteiger charge is 2.10. The van der Waals surface area contributed by atoms with E-state index >= 15 is 0 Å². The van der Waals surface area contributed by atoms with Crippen LogP contribution in [-0.4, -0.2) is 50.2 Å². The van der Waals surface area contributed by atoms with Gasteiger partial charge in [0.1, 0.15) is 0 Å². The molecule has 0 unspecified atom stereocenters. The zero-order chi connectivity index (χ0) is 12.8. The highest BCUT2D eigenvalue weighted by Crippen LogP contribution is 2.14. The lowest BCUT2D eigenvalue weighted by atomic mass is 10.3. The Labute approximate surface area is 112 Å². The van der Waals surface area contributed by atoms with Crippen molar-refractivity contribution in [3.05, 3.63) is 21.9 Å². The first-order valence-electron chi connectivity index (χ1n) is 6.40. The lowest BCUT2D eigenvalue weighted by Gasteiger charge is -2.26. The number of carbonyl (C=O) groups excluding carboxylic acids is 1. The van der Waals surface area contributed by atoms with Crippen LogP contribution in [0.3, 0.4) is 0 Å². The maximum atomic E-state index is 11.8. The van der Waals surface area contributed by atoms with E-state index in [1.165, 1.54) is 4.88 Å². The summed E-state index contributed by atoms with van der Waals surface area (Å²) in [5.41, 5.74) is 0. The fourth-order valence-electron chi connectivity index (χ4n) is 1.97. The van der Waals surface area contributed by atoms with Gasteiger partial charge in [-0.2, -0.15) is 0 Å². The van der Waals surface area contributed by atoms with E-state index < -0.39 is 0 Å². The Morgan fingerprint density at radius 3 is 2.89 bits per heavy atom. The molecular weight excluding hydrogens is 248 g/mol. The Hall–Kier alpha value is -0.910. The Kier molecular flexibility index (Phi) is 5.16. The van der Waals surface area contributed by atoms with Crippen molar-refractivity contribution in [1.29, 1.82) is 0 Å². The first kappa shape index (κ1) is 13.5. The first-order valence-corrected chi connectivity index (χ1v) is 7.22. The monoisotopic (exact) mass is 268 g/mol. The lowest BCUT2D eigenvalue weighted by Crippen LogP contribution is -2.38. The predicted octanol–water partition coefficient (Wildman–Crippen LogP) is 1.51. The van der Waals surface area contributed by atoms with Crippen molar-refractivity contribution < 1.29 is 9.53 Å². The molecule has 1 fully saturated rings. The number of nitrogens with zero attached hydrogens (tertiary/aromatic N) is 1. The summed E-state index contributed by atoms with van der Waals surface area (Å²) in [5.74, 6) is 0.0510. The maximum Gasteiger partial charge on any atom is 0.261 e. The number of morpholine rings is 1. The molecule has 1 N–H and O–H groups in total. The number of nitrogens with one attached hydrogen (secondary N) is 1. The second-order valence-corrected chi connectivity index (χ2v) is 5.76. The summed E-state index contributed by atoms with van der Waals surface area (Å²) in [6.45, 7) is 7.48. The van der Waals surface area contributed by atoms with E-state index in [1.807, 2.05) is 19.1 Å². The van der Waals surface area contributed by atoms with Crippen LogP contribution in [-0.2, 0) is 4.74 Å². The van der Waals surface area contributed by atoms with Crippen LogP contribution in [0.15, 0.2) is 12.1 Å². The molecule has 0 saturated carbocycles. The molecule has 1 aliphatic rings. The highest BCUT2D eigenvalue weighted by molar-refractivity contribution is 7.13. The minimum Gasteiger partial charge on any atom is -0.379 e. The summed E-state index contributed by atoms with van der Waals surface area (Å²) in [6.07, 6.45) is 0.996. The Morgan fingerprint density at radius 2 is 2.22 bits per heavy atom. The molecule has 0 radical (unpaired) electrons. The number of amides is 1. The lowest BCUT2D eigenvalue weighted by molar-refractivity contribution is 0.0374. The van der Waals surface area contributed by atoms with Gasteiger partial charge >= 0.3 is 0 Å². The van der Waals surface area contributed by atoms with Crippen molar-refractivity contribution in [2.75, 3.05) is 39.4 Å². The van der Waals surface area contributed by atoms with Crippen molar-refractivity contribution in [2.24, 2.45) is 0 Å². The molecule has 18 heavy (non-hydrogen) atoms. The Balaban J connectivity index is 1.61. The average Bonchev–Trinajstić information content (AvgIpc) is 2.82. The van der Waals surface area contributed by atoms with Crippen LogP contribution in [0.2, 0.25) is 0 Å².